The molecule has 1 N–H and O–H groups in total. The Labute approximate surface area is 123 Å². The largest absolute Gasteiger partial charge is 0.451 e. The summed E-state index contributed by atoms with van der Waals surface area (Å²) in [5.41, 5.74) is 0. The van der Waals surface area contributed by atoms with Gasteiger partial charge >= 0.3 is 5.97 Å². The number of anilines is 1. The van der Waals surface area contributed by atoms with Crippen LogP contribution in [0, 0.1) is 6.92 Å². The van der Waals surface area contributed by atoms with E-state index in [2.05, 4.69) is 10.5 Å². The minimum absolute atomic E-state index is 0.127. The fraction of sp³-hybridized carbons (Fsp3) is 0.231. The number of carbonyl (C=O) groups excluding carboxylic acids is 3. The number of hydrogen-bond acceptors (Lipinski definition) is 7. The Bertz CT molecular complexity index is 688. The van der Waals surface area contributed by atoms with Crippen molar-refractivity contribution >= 4 is 34.8 Å². The number of carbonyl (C=O) groups is 3. The molecule has 110 valence electrons. The number of aryl methyl sites for hydroxylation is 1. The van der Waals surface area contributed by atoms with Gasteiger partial charge in [0.1, 0.15) is 10.6 Å². The molecule has 1 amide bonds. The minimum atomic E-state index is -0.654. The second kappa shape index (κ2) is 6.31. The van der Waals surface area contributed by atoms with Crippen LogP contribution in [0.25, 0.3) is 0 Å². The fourth-order valence-corrected chi connectivity index (χ4v) is 2.24. The molecule has 0 aliphatic heterocycles. The van der Waals surface area contributed by atoms with Gasteiger partial charge in [-0.25, -0.2) is 4.79 Å². The lowest BCUT2D eigenvalue weighted by Crippen LogP contribution is -2.20. The summed E-state index contributed by atoms with van der Waals surface area (Å²) in [4.78, 5) is 35.1. The summed E-state index contributed by atoms with van der Waals surface area (Å²) >= 11 is 1.02. The van der Waals surface area contributed by atoms with E-state index in [0.29, 0.717) is 10.6 Å². The van der Waals surface area contributed by atoms with Crippen LogP contribution in [0.5, 0.6) is 0 Å². The maximum atomic E-state index is 11.7. The number of nitrogens with one attached hydrogen (secondary N) is 1. The summed E-state index contributed by atoms with van der Waals surface area (Å²) in [6.07, 6.45) is 0. The van der Waals surface area contributed by atoms with Crippen molar-refractivity contribution in [1.29, 1.82) is 0 Å². The normalized spacial score (nSPS) is 10.2. The number of thiophene rings is 1. The van der Waals surface area contributed by atoms with E-state index in [4.69, 9.17) is 9.26 Å². The Hall–Kier alpha value is -2.48. The zero-order valence-electron chi connectivity index (χ0n) is 11.3. The Morgan fingerprint density at radius 3 is 2.62 bits per heavy atom. The van der Waals surface area contributed by atoms with Crippen molar-refractivity contribution in [1.82, 2.24) is 5.16 Å². The number of ether oxygens (including phenoxy) is 1. The van der Waals surface area contributed by atoms with E-state index in [0.717, 1.165) is 11.3 Å². The smallest absolute Gasteiger partial charge is 0.348 e. The number of aromatic nitrogens is 1. The van der Waals surface area contributed by atoms with Gasteiger partial charge in [0.15, 0.2) is 18.2 Å². The Morgan fingerprint density at radius 2 is 2.05 bits per heavy atom. The van der Waals surface area contributed by atoms with Crippen molar-refractivity contribution in [3.8, 4) is 0 Å². The molecular formula is C13H12N2O5S. The van der Waals surface area contributed by atoms with Crippen molar-refractivity contribution < 1.29 is 23.6 Å². The number of hydrogen-bond donors (Lipinski definition) is 1. The first-order valence-electron chi connectivity index (χ1n) is 5.97. The molecule has 2 rings (SSSR count). The minimum Gasteiger partial charge on any atom is -0.451 e. The van der Waals surface area contributed by atoms with Crippen LogP contribution in [0.3, 0.4) is 0 Å². The molecule has 0 saturated heterocycles. The summed E-state index contributed by atoms with van der Waals surface area (Å²) in [5, 5.41) is 6.00. The first-order chi connectivity index (χ1) is 9.95. The van der Waals surface area contributed by atoms with Crippen molar-refractivity contribution in [3.05, 3.63) is 33.7 Å². The molecule has 21 heavy (non-hydrogen) atoms. The maximum absolute atomic E-state index is 11.7. The SMILES string of the molecule is CC(=O)c1ccc(C(=O)OCC(=O)Nc2cc(C)on2)s1. The Kier molecular flexibility index (Phi) is 4.49. The highest BCUT2D eigenvalue weighted by Crippen LogP contribution is 2.17. The zero-order valence-corrected chi connectivity index (χ0v) is 12.2. The van der Waals surface area contributed by atoms with Gasteiger partial charge in [-0.3, -0.25) is 9.59 Å². The number of Topliss-reactive ketones (excluding diaryl/α,β-unsaturated/α-hetero) is 1. The third-order valence-corrected chi connectivity index (χ3v) is 3.55. The van der Waals surface area contributed by atoms with Crippen LogP contribution >= 0.6 is 11.3 Å². The first kappa shape index (κ1) is 14.9. The van der Waals surface area contributed by atoms with Crippen LogP contribution in [-0.4, -0.2) is 29.4 Å². The van der Waals surface area contributed by atoms with Crippen molar-refractivity contribution in [3.63, 3.8) is 0 Å². The summed E-state index contributed by atoms with van der Waals surface area (Å²) in [6, 6.07) is 4.57. The molecule has 0 spiro atoms. The average Bonchev–Trinajstić information content (AvgIpc) is 3.05. The third kappa shape index (κ3) is 3.99. The van der Waals surface area contributed by atoms with Crippen LogP contribution in [0.15, 0.2) is 22.7 Å². The van der Waals surface area contributed by atoms with E-state index in [1.165, 1.54) is 19.1 Å². The monoisotopic (exact) mass is 308 g/mol. The fourth-order valence-electron chi connectivity index (χ4n) is 1.44. The second-order valence-corrected chi connectivity index (χ2v) is 5.25. The zero-order chi connectivity index (χ0) is 15.4. The predicted octanol–water partition coefficient (Wildman–Crippen LogP) is 2.04. The molecule has 7 nitrogen and oxygen atoms in total. The molecule has 0 aromatic carbocycles. The highest BCUT2D eigenvalue weighted by Gasteiger charge is 2.15. The van der Waals surface area contributed by atoms with E-state index in [9.17, 15) is 14.4 Å². The van der Waals surface area contributed by atoms with Gasteiger partial charge in [0.05, 0.1) is 4.88 Å². The molecular weight excluding hydrogens is 296 g/mol. The van der Waals surface area contributed by atoms with Crippen LogP contribution in [0.4, 0.5) is 5.82 Å². The summed E-state index contributed by atoms with van der Waals surface area (Å²) < 4.78 is 9.63. The molecule has 0 atom stereocenters. The molecule has 2 aromatic heterocycles. The van der Waals surface area contributed by atoms with Crippen LogP contribution in [0.2, 0.25) is 0 Å². The number of esters is 1. The number of amides is 1. The quantitative estimate of drug-likeness (QED) is 0.670. The van der Waals surface area contributed by atoms with Gasteiger partial charge in [0, 0.05) is 6.07 Å². The van der Waals surface area contributed by atoms with Gasteiger partial charge in [-0.2, -0.15) is 0 Å². The third-order valence-electron chi connectivity index (χ3n) is 2.38. The Balaban J connectivity index is 1.85. The summed E-state index contributed by atoms with van der Waals surface area (Å²) in [7, 11) is 0. The average molecular weight is 308 g/mol. The molecule has 0 unspecified atom stereocenters. The molecule has 2 heterocycles. The number of nitrogens with zero attached hydrogens (tertiary/aromatic N) is 1. The van der Waals surface area contributed by atoms with E-state index in [1.807, 2.05) is 0 Å². The molecule has 0 fully saturated rings. The van der Waals surface area contributed by atoms with Gasteiger partial charge in [0.2, 0.25) is 0 Å². The van der Waals surface area contributed by atoms with Crippen LogP contribution < -0.4 is 5.32 Å². The standard InChI is InChI=1S/C13H12N2O5S/c1-7-5-11(15-20-7)14-12(17)6-19-13(18)10-4-3-9(21-10)8(2)16/h3-5H,6H2,1-2H3,(H,14,15,17). The highest BCUT2D eigenvalue weighted by molar-refractivity contribution is 7.15. The van der Waals surface area contributed by atoms with Crippen LogP contribution in [-0.2, 0) is 9.53 Å². The summed E-state index contributed by atoms with van der Waals surface area (Å²) in [6.45, 7) is 2.65. The molecule has 0 aliphatic rings. The van der Waals surface area contributed by atoms with Crippen molar-refractivity contribution in [2.45, 2.75) is 13.8 Å². The van der Waals surface area contributed by atoms with Crippen LogP contribution in [0.1, 0.15) is 32.0 Å². The van der Waals surface area contributed by atoms with Gasteiger partial charge in [0.25, 0.3) is 5.91 Å². The van der Waals surface area contributed by atoms with E-state index in [-0.39, 0.29) is 16.5 Å². The van der Waals surface area contributed by atoms with E-state index in [1.54, 1.807) is 13.0 Å². The van der Waals surface area contributed by atoms with E-state index < -0.39 is 18.5 Å². The molecule has 8 heteroatoms. The Morgan fingerprint density at radius 1 is 1.33 bits per heavy atom. The number of ketones is 1. The predicted molar refractivity (Wildman–Crippen MR) is 74.5 cm³/mol. The lowest BCUT2D eigenvalue weighted by Gasteiger charge is -2.02. The van der Waals surface area contributed by atoms with Gasteiger partial charge in [-0.1, -0.05) is 5.16 Å². The molecule has 0 saturated carbocycles. The second-order valence-electron chi connectivity index (χ2n) is 4.17. The summed E-state index contributed by atoms with van der Waals surface area (Å²) in [5.74, 6) is -0.502. The van der Waals surface area contributed by atoms with Gasteiger partial charge in [-0.05, 0) is 26.0 Å². The lowest BCUT2D eigenvalue weighted by atomic mass is 10.3. The first-order valence-corrected chi connectivity index (χ1v) is 6.78. The van der Waals surface area contributed by atoms with Crippen molar-refractivity contribution in [2.75, 3.05) is 11.9 Å². The van der Waals surface area contributed by atoms with Gasteiger partial charge < -0.3 is 14.6 Å². The van der Waals surface area contributed by atoms with Gasteiger partial charge in [-0.15, -0.1) is 11.3 Å². The van der Waals surface area contributed by atoms with Crippen molar-refractivity contribution in [2.24, 2.45) is 0 Å². The highest BCUT2D eigenvalue weighted by atomic mass is 32.1. The molecule has 0 bridgehead atoms. The lowest BCUT2D eigenvalue weighted by molar-refractivity contribution is -0.119. The molecule has 2 aromatic rings. The number of rotatable bonds is 5. The topological polar surface area (TPSA) is 98.5 Å². The molecule has 0 radical (unpaired) electrons. The van der Waals surface area contributed by atoms with E-state index >= 15 is 0 Å². The maximum Gasteiger partial charge on any atom is 0.348 e. The molecule has 0 aliphatic carbocycles.